The van der Waals surface area contributed by atoms with Crippen molar-refractivity contribution in [3.05, 3.63) is 70.8 Å². The summed E-state index contributed by atoms with van der Waals surface area (Å²) >= 11 is 0. The molecule has 0 spiro atoms. The zero-order valence-corrected chi connectivity index (χ0v) is 21.6. The van der Waals surface area contributed by atoms with E-state index >= 15 is 0 Å². The van der Waals surface area contributed by atoms with E-state index in [4.69, 9.17) is 9.47 Å². The summed E-state index contributed by atoms with van der Waals surface area (Å²) in [6.45, 7) is 5.77. The van der Waals surface area contributed by atoms with E-state index in [1.807, 2.05) is 69.3 Å². The molecule has 0 saturated heterocycles. The highest BCUT2D eigenvalue weighted by Gasteiger charge is 2.71. The number of benzene rings is 2. The third kappa shape index (κ3) is 4.26. The van der Waals surface area contributed by atoms with Gasteiger partial charge in [-0.15, -0.1) is 0 Å². The number of carbonyl (C=O) groups excluding carboxylic acids is 1. The predicted molar refractivity (Wildman–Crippen MR) is 137 cm³/mol. The Bertz CT molecular complexity index is 1090. The van der Waals surface area contributed by atoms with Crippen LogP contribution in [0, 0.1) is 11.8 Å². The lowest BCUT2D eigenvalue weighted by atomic mass is 9.49. The zero-order valence-electron chi connectivity index (χ0n) is 21.6. The van der Waals surface area contributed by atoms with Gasteiger partial charge in [0.05, 0.1) is 31.3 Å². The molecule has 2 aromatic carbocycles. The summed E-state index contributed by atoms with van der Waals surface area (Å²) in [6, 6.07) is 14.6. The quantitative estimate of drug-likeness (QED) is 0.345. The molecular formula is C29H37NO7. The number of carboxylic acid groups (broad SMARTS) is 1. The van der Waals surface area contributed by atoms with Crippen LogP contribution in [0.1, 0.15) is 62.3 Å². The number of carboxylic acids is 1. The van der Waals surface area contributed by atoms with E-state index in [1.165, 1.54) is 0 Å². The number of aliphatic carboxylic acids is 1. The van der Waals surface area contributed by atoms with Gasteiger partial charge in [-0.1, -0.05) is 69.3 Å². The van der Waals surface area contributed by atoms with Crippen molar-refractivity contribution in [2.75, 3.05) is 19.8 Å². The first-order chi connectivity index (χ1) is 17.8. The fourth-order valence-electron chi connectivity index (χ4n) is 5.88. The molecule has 4 atom stereocenters. The minimum atomic E-state index is -1.53. The number of hydrogen-bond acceptors (Lipinski definition) is 6. The Morgan fingerprint density at radius 1 is 0.811 bits per heavy atom. The molecule has 0 fully saturated rings. The van der Waals surface area contributed by atoms with Gasteiger partial charge in [-0.05, 0) is 41.5 Å². The van der Waals surface area contributed by atoms with Gasteiger partial charge in [-0.2, -0.15) is 0 Å². The molecule has 2 aromatic rings. The van der Waals surface area contributed by atoms with Crippen molar-refractivity contribution in [2.45, 2.75) is 63.4 Å². The van der Waals surface area contributed by atoms with Gasteiger partial charge < -0.3 is 30.1 Å². The average Bonchev–Trinajstić information content (AvgIpc) is 2.93. The number of fused-ring (bicyclic) bond motifs is 1. The number of carbonyl (C=O) groups is 2. The number of aliphatic hydroxyl groups excluding tert-OH is 2. The maximum absolute atomic E-state index is 13.9. The molecule has 8 nitrogen and oxygen atoms in total. The van der Waals surface area contributed by atoms with Crippen LogP contribution in [0.3, 0.4) is 0 Å². The number of hydrogen-bond donors (Lipinski definition) is 4. The largest absolute Gasteiger partial charge is 0.481 e. The Labute approximate surface area is 217 Å². The molecule has 3 aliphatic carbocycles. The molecule has 1 amide bonds. The molecule has 37 heavy (non-hydrogen) atoms. The summed E-state index contributed by atoms with van der Waals surface area (Å²) in [7, 11) is 0. The van der Waals surface area contributed by atoms with E-state index in [9.17, 15) is 24.9 Å². The van der Waals surface area contributed by atoms with Gasteiger partial charge in [0.1, 0.15) is 17.1 Å². The van der Waals surface area contributed by atoms with E-state index in [1.54, 1.807) is 0 Å². The van der Waals surface area contributed by atoms with Gasteiger partial charge in [0.2, 0.25) is 5.91 Å². The van der Waals surface area contributed by atoms with Gasteiger partial charge in [0.25, 0.3) is 0 Å². The molecule has 0 saturated carbocycles. The van der Waals surface area contributed by atoms with Crippen molar-refractivity contribution in [3.63, 3.8) is 0 Å². The first-order valence-electron chi connectivity index (χ1n) is 13.1. The predicted octanol–water partition coefficient (Wildman–Crippen LogP) is 2.92. The second kappa shape index (κ2) is 10.9. The normalized spacial score (nSPS) is 27.2. The van der Waals surface area contributed by atoms with Crippen LogP contribution < -0.4 is 5.32 Å². The molecule has 0 aromatic heterocycles. The van der Waals surface area contributed by atoms with Crippen LogP contribution in [0.15, 0.2) is 48.5 Å². The van der Waals surface area contributed by atoms with Crippen molar-refractivity contribution >= 4 is 11.9 Å². The van der Waals surface area contributed by atoms with E-state index in [-0.39, 0.29) is 13.2 Å². The highest BCUT2D eigenvalue weighted by molar-refractivity contribution is 5.91. The summed E-state index contributed by atoms with van der Waals surface area (Å²) in [4.78, 5) is 27.1. The van der Waals surface area contributed by atoms with E-state index in [2.05, 4.69) is 5.32 Å². The molecule has 4 unspecified atom stereocenters. The lowest BCUT2D eigenvalue weighted by Crippen LogP contribution is -2.67. The van der Waals surface area contributed by atoms with Crippen LogP contribution in [0.25, 0.3) is 0 Å². The van der Waals surface area contributed by atoms with Gasteiger partial charge in [0, 0.05) is 6.54 Å². The molecule has 0 heterocycles. The van der Waals surface area contributed by atoms with Gasteiger partial charge in [-0.3, -0.25) is 9.59 Å². The summed E-state index contributed by atoms with van der Waals surface area (Å²) in [5.74, 6) is -4.19. The van der Waals surface area contributed by atoms with Crippen LogP contribution in [-0.2, 0) is 30.3 Å². The molecule has 3 aliphatic rings. The van der Waals surface area contributed by atoms with Crippen molar-refractivity contribution in [3.8, 4) is 0 Å². The topological polar surface area (TPSA) is 125 Å². The van der Waals surface area contributed by atoms with E-state index in [0.29, 0.717) is 48.1 Å². The first kappa shape index (κ1) is 27.3. The number of ether oxygens (including phenoxy) is 2. The molecule has 200 valence electrons. The third-order valence-corrected chi connectivity index (χ3v) is 7.71. The van der Waals surface area contributed by atoms with E-state index in [0.717, 1.165) is 0 Å². The fourth-order valence-corrected chi connectivity index (χ4v) is 5.88. The first-order valence-corrected chi connectivity index (χ1v) is 13.1. The van der Waals surface area contributed by atoms with Crippen molar-refractivity contribution < 1.29 is 34.4 Å². The SMILES string of the molecule is CCCNC(=O)C1C(C(=O)O)C2(OCC(O)CC)c3ccccc3C1(OCC(O)CC)c1ccccc12. The smallest absolute Gasteiger partial charge is 0.311 e. The minimum Gasteiger partial charge on any atom is -0.481 e. The lowest BCUT2D eigenvalue weighted by molar-refractivity contribution is -0.205. The number of amides is 1. The maximum Gasteiger partial charge on any atom is 0.311 e. The van der Waals surface area contributed by atoms with Gasteiger partial charge in [0.15, 0.2) is 0 Å². The summed E-state index contributed by atoms with van der Waals surface area (Å²) in [5, 5.41) is 34.6. The highest BCUT2D eigenvalue weighted by atomic mass is 16.5. The number of nitrogens with one attached hydrogen (secondary N) is 1. The average molecular weight is 512 g/mol. The third-order valence-electron chi connectivity index (χ3n) is 7.71. The Balaban J connectivity index is 2.07. The summed E-state index contributed by atoms with van der Waals surface area (Å²) < 4.78 is 13.1. The standard InChI is InChI=1S/C29H37NO7/c1-4-15-30-26(33)24-25(27(34)35)29(37-17-19(32)6-3)22-13-9-7-11-20(22)28(24,36-16-18(31)5-2)21-12-8-10-14-23(21)29/h7-14,18-19,24-25,31-32H,4-6,15-17H2,1-3H3,(H,30,33)(H,34,35). The zero-order chi connectivity index (χ0) is 26.8. The lowest BCUT2D eigenvalue weighted by Gasteiger charge is -2.60. The van der Waals surface area contributed by atoms with Crippen LogP contribution in [0.5, 0.6) is 0 Å². The number of rotatable bonds is 12. The Morgan fingerprint density at radius 2 is 1.22 bits per heavy atom. The Kier molecular flexibility index (Phi) is 8.04. The molecule has 8 heteroatoms. The highest BCUT2D eigenvalue weighted by Crippen LogP contribution is 2.65. The second-order valence-electron chi connectivity index (χ2n) is 9.89. The molecular weight excluding hydrogens is 474 g/mol. The van der Waals surface area contributed by atoms with Crippen molar-refractivity contribution in [1.82, 2.24) is 5.32 Å². The van der Waals surface area contributed by atoms with Crippen molar-refractivity contribution in [1.29, 1.82) is 0 Å². The fraction of sp³-hybridized carbons (Fsp3) is 0.517. The van der Waals surface area contributed by atoms with E-state index < -0.39 is 47.1 Å². The van der Waals surface area contributed by atoms with Crippen LogP contribution in [0.2, 0.25) is 0 Å². The van der Waals surface area contributed by atoms with Crippen molar-refractivity contribution in [2.24, 2.45) is 11.8 Å². The molecule has 5 rings (SSSR count). The van der Waals surface area contributed by atoms with Gasteiger partial charge >= 0.3 is 5.97 Å². The minimum absolute atomic E-state index is 0.0779. The molecule has 0 aliphatic heterocycles. The van der Waals surface area contributed by atoms with Crippen LogP contribution >= 0.6 is 0 Å². The van der Waals surface area contributed by atoms with Crippen LogP contribution in [0.4, 0.5) is 0 Å². The molecule has 0 radical (unpaired) electrons. The van der Waals surface area contributed by atoms with Crippen LogP contribution in [-0.4, -0.2) is 59.2 Å². The maximum atomic E-state index is 13.9. The number of aliphatic hydroxyl groups is 2. The van der Waals surface area contributed by atoms with Gasteiger partial charge in [-0.25, -0.2) is 0 Å². The monoisotopic (exact) mass is 511 g/mol. The summed E-state index contributed by atoms with van der Waals surface area (Å²) in [5.41, 5.74) is -0.532. The molecule has 4 N–H and O–H groups in total. The summed E-state index contributed by atoms with van der Waals surface area (Å²) in [6.07, 6.45) is -0.0487. The molecule has 2 bridgehead atoms. The Morgan fingerprint density at radius 3 is 1.57 bits per heavy atom. The second-order valence-corrected chi connectivity index (χ2v) is 9.89. The Hall–Kier alpha value is -2.78.